The number of hydrogen-bond donors (Lipinski definition) is 3. The number of fused-ring (bicyclic) bond motifs is 1. The largest absolute Gasteiger partial charge is 0.358 e. The second-order valence-corrected chi connectivity index (χ2v) is 11.2. The van der Waals surface area contributed by atoms with Crippen molar-refractivity contribution in [1.82, 2.24) is 20.1 Å². The van der Waals surface area contributed by atoms with Crippen molar-refractivity contribution in [2.75, 3.05) is 38.5 Å². The molecule has 3 N–H and O–H groups in total. The first-order chi connectivity index (χ1) is 18.2. The summed E-state index contributed by atoms with van der Waals surface area (Å²) in [5.74, 6) is 0.210. The number of likely N-dealkylation sites (N-methyl/N-ethyl adjacent to an activating group) is 1. The van der Waals surface area contributed by atoms with Crippen LogP contribution in [0.4, 0.5) is 5.69 Å². The lowest BCUT2D eigenvalue weighted by Gasteiger charge is -2.32. The van der Waals surface area contributed by atoms with Crippen molar-refractivity contribution >= 4 is 35.1 Å². The molecule has 1 aromatic heterocycles. The van der Waals surface area contributed by atoms with Crippen LogP contribution in [0.25, 0.3) is 11.6 Å². The Balaban J connectivity index is 1.38. The molecular weight excluding hydrogens is 478 g/mol. The number of benzene rings is 1. The van der Waals surface area contributed by atoms with Crippen LogP contribution in [0.3, 0.4) is 0 Å². The molecule has 2 fully saturated rings. The summed E-state index contributed by atoms with van der Waals surface area (Å²) >= 11 is 0. The van der Waals surface area contributed by atoms with Crippen LogP contribution in [0.5, 0.6) is 0 Å². The van der Waals surface area contributed by atoms with Crippen LogP contribution in [0.15, 0.2) is 18.2 Å². The van der Waals surface area contributed by atoms with Crippen LogP contribution < -0.4 is 10.6 Å². The summed E-state index contributed by atoms with van der Waals surface area (Å²) in [7, 11) is 2.07. The fraction of sp³-hybridized carbons (Fsp3) is 0.500. The van der Waals surface area contributed by atoms with Gasteiger partial charge in [-0.25, -0.2) is 0 Å². The van der Waals surface area contributed by atoms with E-state index in [1.54, 1.807) is 24.3 Å². The van der Waals surface area contributed by atoms with E-state index in [1.807, 2.05) is 18.7 Å². The second-order valence-electron chi connectivity index (χ2n) is 11.2. The van der Waals surface area contributed by atoms with E-state index in [4.69, 9.17) is 0 Å². The molecule has 2 aliphatic heterocycles. The fourth-order valence-electron chi connectivity index (χ4n) is 6.07. The van der Waals surface area contributed by atoms with Crippen LogP contribution in [0.1, 0.15) is 82.3 Å². The highest BCUT2D eigenvalue weighted by molar-refractivity contribution is 6.35. The molecule has 2 aromatic rings. The van der Waals surface area contributed by atoms with Crippen LogP contribution in [0.2, 0.25) is 0 Å². The third-order valence-corrected chi connectivity index (χ3v) is 8.55. The lowest BCUT2D eigenvalue weighted by Crippen LogP contribution is -2.47. The number of H-pyrrole nitrogens is 1. The van der Waals surface area contributed by atoms with Gasteiger partial charge in [0.1, 0.15) is 0 Å². The summed E-state index contributed by atoms with van der Waals surface area (Å²) in [4.78, 5) is 46.8. The molecule has 8 heteroatoms. The fourth-order valence-corrected chi connectivity index (χ4v) is 6.07. The van der Waals surface area contributed by atoms with E-state index < -0.39 is 0 Å². The number of anilines is 1. The lowest BCUT2D eigenvalue weighted by molar-refractivity contribution is -0.110. The molecule has 38 heavy (non-hydrogen) atoms. The number of nitrogens with zero attached hydrogens (tertiary/aromatic N) is 2. The van der Waals surface area contributed by atoms with Gasteiger partial charge < -0.3 is 25.4 Å². The molecular formula is C30H39N5O3. The first kappa shape index (κ1) is 26.2. The molecule has 1 saturated heterocycles. The summed E-state index contributed by atoms with van der Waals surface area (Å²) in [6, 6.07) is 5.47. The molecule has 3 heterocycles. The van der Waals surface area contributed by atoms with Gasteiger partial charge in [0.2, 0.25) is 0 Å². The van der Waals surface area contributed by atoms with Crippen LogP contribution in [-0.2, 0) is 4.79 Å². The molecule has 5 rings (SSSR count). The van der Waals surface area contributed by atoms with Crippen LogP contribution in [-0.4, -0.2) is 71.8 Å². The molecule has 3 aliphatic rings. The number of rotatable bonds is 5. The van der Waals surface area contributed by atoms with E-state index in [0.717, 1.165) is 42.9 Å². The highest BCUT2D eigenvalue weighted by atomic mass is 16.2. The Kier molecular flexibility index (Phi) is 7.43. The Bertz CT molecular complexity index is 1280. The maximum absolute atomic E-state index is 13.3. The Morgan fingerprint density at radius 1 is 1.08 bits per heavy atom. The minimum Gasteiger partial charge on any atom is -0.358 e. The number of hydrogen-bond acceptors (Lipinski definition) is 4. The van der Waals surface area contributed by atoms with E-state index in [9.17, 15) is 14.4 Å². The normalized spacial score (nSPS) is 20.4. The summed E-state index contributed by atoms with van der Waals surface area (Å²) in [6.07, 6.45) is 7.86. The number of nitrogens with one attached hydrogen (secondary N) is 3. The van der Waals surface area contributed by atoms with Gasteiger partial charge in [-0.1, -0.05) is 19.3 Å². The van der Waals surface area contributed by atoms with Gasteiger partial charge in [-0.2, -0.15) is 0 Å². The van der Waals surface area contributed by atoms with Gasteiger partial charge in [0.15, 0.2) is 0 Å². The van der Waals surface area contributed by atoms with Crippen molar-refractivity contribution in [2.45, 2.75) is 58.9 Å². The molecule has 0 spiro atoms. The van der Waals surface area contributed by atoms with Crippen molar-refractivity contribution in [1.29, 1.82) is 0 Å². The Hall–Kier alpha value is -3.39. The quantitative estimate of drug-likeness (QED) is 0.518. The van der Waals surface area contributed by atoms with Crippen LogP contribution >= 0.6 is 0 Å². The number of aryl methyl sites for hydroxylation is 1. The van der Waals surface area contributed by atoms with Crippen molar-refractivity contribution in [3.63, 3.8) is 0 Å². The highest BCUT2D eigenvalue weighted by Crippen LogP contribution is 2.35. The average Bonchev–Trinajstić information content (AvgIpc) is 3.38. The van der Waals surface area contributed by atoms with Gasteiger partial charge in [-0.3, -0.25) is 14.4 Å². The Morgan fingerprint density at radius 3 is 2.50 bits per heavy atom. The van der Waals surface area contributed by atoms with E-state index >= 15 is 0 Å². The molecule has 0 bridgehead atoms. The monoisotopic (exact) mass is 517 g/mol. The molecule has 0 radical (unpaired) electrons. The van der Waals surface area contributed by atoms with Gasteiger partial charge in [0, 0.05) is 60.4 Å². The van der Waals surface area contributed by atoms with Gasteiger partial charge in [0.05, 0.1) is 11.1 Å². The molecule has 1 saturated carbocycles. The number of aromatic nitrogens is 1. The van der Waals surface area contributed by atoms with Crippen LogP contribution in [0, 0.1) is 19.8 Å². The van der Waals surface area contributed by atoms with E-state index in [2.05, 4.69) is 34.5 Å². The number of amides is 3. The first-order valence-corrected chi connectivity index (χ1v) is 13.9. The molecule has 3 amide bonds. The minimum atomic E-state index is -0.216. The summed E-state index contributed by atoms with van der Waals surface area (Å²) in [5.41, 5.74) is 5.44. The number of aromatic amines is 1. The zero-order valence-corrected chi connectivity index (χ0v) is 22.9. The third-order valence-electron chi connectivity index (χ3n) is 8.55. The Labute approximate surface area is 224 Å². The van der Waals surface area contributed by atoms with E-state index in [1.165, 1.54) is 19.3 Å². The predicted octanol–water partition coefficient (Wildman–Crippen LogP) is 4.21. The third kappa shape index (κ3) is 5.14. The zero-order valence-electron chi connectivity index (χ0n) is 22.9. The van der Waals surface area contributed by atoms with Gasteiger partial charge >= 0.3 is 0 Å². The van der Waals surface area contributed by atoms with E-state index in [-0.39, 0.29) is 23.8 Å². The SMILES string of the molecule is Cc1[nH]c(C=C2C(=O)Nc3ccc(C(=O)NC(C)C4CCCCC4)cc32)c(C)c1C(=O)N1CCN(C)CC1. The maximum Gasteiger partial charge on any atom is 0.256 e. The van der Waals surface area contributed by atoms with Crippen molar-refractivity contribution < 1.29 is 14.4 Å². The molecule has 1 aromatic carbocycles. The van der Waals surface area contributed by atoms with Crippen molar-refractivity contribution in [3.8, 4) is 0 Å². The van der Waals surface area contributed by atoms with Gasteiger partial charge in [-0.05, 0) is 76.4 Å². The second kappa shape index (κ2) is 10.8. The Morgan fingerprint density at radius 2 is 1.79 bits per heavy atom. The zero-order chi connectivity index (χ0) is 27.0. The summed E-state index contributed by atoms with van der Waals surface area (Å²) in [5, 5.41) is 6.10. The molecule has 1 unspecified atom stereocenters. The molecule has 1 atom stereocenters. The summed E-state index contributed by atoms with van der Waals surface area (Å²) < 4.78 is 0. The number of piperazine rings is 1. The molecule has 202 valence electrons. The highest BCUT2D eigenvalue weighted by Gasteiger charge is 2.29. The first-order valence-electron chi connectivity index (χ1n) is 13.9. The predicted molar refractivity (Wildman–Crippen MR) is 150 cm³/mol. The molecule has 1 aliphatic carbocycles. The smallest absolute Gasteiger partial charge is 0.256 e. The van der Waals surface area contributed by atoms with Gasteiger partial charge in [-0.15, -0.1) is 0 Å². The molecule has 8 nitrogen and oxygen atoms in total. The maximum atomic E-state index is 13.3. The van der Waals surface area contributed by atoms with Crippen molar-refractivity contribution in [2.24, 2.45) is 5.92 Å². The lowest BCUT2D eigenvalue weighted by atomic mass is 9.84. The number of carbonyl (C=O) groups is 3. The van der Waals surface area contributed by atoms with Crippen molar-refractivity contribution in [3.05, 3.63) is 51.8 Å². The standard InChI is InChI=1S/C30H39N5O3/c1-18-26(31-20(3)27(18)30(38)35-14-12-34(4)13-15-35)17-24-23-16-22(10-11-25(23)33-29(24)37)28(36)32-19(2)21-8-6-5-7-9-21/h10-11,16-17,19,21,31H,5-9,12-15H2,1-4H3,(H,32,36)(H,33,37). The van der Waals surface area contributed by atoms with Gasteiger partial charge in [0.25, 0.3) is 17.7 Å². The number of carbonyl (C=O) groups excluding carboxylic acids is 3. The minimum absolute atomic E-state index is 0.0244. The topological polar surface area (TPSA) is 97.5 Å². The summed E-state index contributed by atoms with van der Waals surface area (Å²) in [6.45, 7) is 9.04. The average molecular weight is 518 g/mol. The van der Waals surface area contributed by atoms with E-state index in [0.29, 0.717) is 47.0 Å².